The van der Waals surface area contributed by atoms with E-state index >= 15 is 0 Å². The van der Waals surface area contributed by atoms with Crippen molar-refractivity contribution < 1.29 is 4.74 Å². The predicted molar refractivity (Wildman–Crippen MR) is 70.4 cm³/mol. The number of benzene rings is 1. The first kappa shape index (κ1) is 11.6. The van der Waals surface area contributed by atoms with Crippen LogP contribution in [-0.2, 0) is 13.6 Å². The number of ether oxygens (including phenoxy) is 1. The molecule has 0 unspecified atom stereocenters. The molecule has 3 nitrogen and oxygen atoms in total. The van der Waals surface area contributed by atoms with Crippen LogP contribution in [0.1, 0.15) is 12.6 Å². The van der Waals surface area contributed by atoms with Crippen LogP contribution in [-0.4, -0.2) is 11.2 Å². The molecule has 1 aromatic heterocycles. The van der Waals surface area contributed by atoms with Crippen LogP contribution in [0.4, 0.5) is 5.69 Å². The average molecular weight is 230 g/mol. The van der Waals surface area contributed by atoms with E-state index in [9.17, 15) is 0 Å². The largest absolute Gasteiger partial charge is 0.492 e. The highest BCUT2D eigenvalue weighted by molar-refractivity contribution is 5.56. The van der Waals surface area contributed by atoms with Crippen LogP contribution in [0, 0.1) is 0 Å². The summed E-state index contributed by atoms with van der Waals surface area (Å²) in [6.07, 6.45) is 2.05. The van der Waals surface area contributed by atoms with Gasteiger partial charge in [-0.05, 0) is 31.2 Å². The van der Waals surface area contributed by atoms with Crippen molar-refractivity contribution in [3.05, 3.63) is 48.3 Å². The van der Waals surface area contributed by atoms with Crippen LogP contribution in [0.15, 0.2) is 42.6 Å². The zero-order chi connectivity index (χ0) is 12.1. The molecule has 0 amide bonds. The minimum absolute atomic E-state index is 0.683. The van der Waals surface area contributed by atoms with E-state index in [0.717, 1.165) is 18.0 Å². The molecule has 0 aliphatic carbocycles. The Hall–Kier alpha value is -1.90. The lowest BCUT2D eigenvalue weighted by Gasteiger charge is -2.12. The van der Waals surface area contributed by atoms with Gasteiger partial charge in [0.2, 0.25) is 0 Å². The number of hydrogen-bond donors (Lipinski definition) is 1. The van der Waals surface area contributed by atoms with Crippen LogP contribution in [0.25, 0.3) is 0 Å². The molecule has 0 saturated carbocycles. The fourth-order valence-corrected chi connectivity index (χ4v) is 1.76. The van der Waals surface area contributed by atoms with E-state index in [2.05, 4.69) is 16.0 Å². The smallest absolute Gasteiger partial charge is 0.142 e. The molecular formula is C14H18N2O. The Morgan fingerprint density at radius 2 is 2.00 bits per heavy atom. The fourth-order valence-electron chi connectivity index (χ4n) is 1.76. The van der Waals surface area contributed by atoms with Crippen molar-refractivity contribution in [2.24, 2.45) is 7.05 Å². The van der Waals surface area contributed by atoms with E-state index in [1.165, 1.54) is 5.69 Å². The number of nitrogens with one attached hydrogen (secondary N) is 1. The van der Waals surface area contributed by atoms with Crippen molar-refractivity contribution in [1.82, 2.24) is 4.57 Å². The average Bonchev–Trinajstić information content (AvgIpc) is 2.74. The molecule has 0 spiro atoms. The molecule has 0 aliphatic rings. The van der Waals surface area contributed by atoms with E-state index < -0.39 is 0 Å². The standard InChI is InChI=1S/C14H18N2O/c1-3-17-14-9-5-4-8-13(14)15-11-12-7-6-10-16(12)2/h4-10,15H,3,11H2,1-2H3. The first-order valence-corrected chi connectivity index (χ1v) is 5.87. The lowest BCUT2D eigenvalue weighted by molar-refractivity contribution is 0.341. The third-order valence-electron chi connectivity index (χ3n) is 2.70. The van der Waals surface area contributed by atoms with Crippen LogP contribution in [0.3, 0.4) is 0 Å². The van der Waals surface area contributed by atoms with Gasteiger partial charge in [0.05, 0.1) is 18.8 Å². The molecule has 2 rings (SSSR count). The molecule has 0 fully saturated rings. The molecule has 0 bridgehead atoms. The molecule has 0 radical (unpaired) electrons. The molecule has 1 N–H and O–H groups in total. The summed E-state index contributed by atoms with van der Waals surface area (Å²) >= 11 is 0. The van der Waals surface area contributed by atoms with E-state index in [-0.39, 0.29) is 0 Å². The number of aryl methyl sites for hydroxylation is 1. The molecule has 90 valence electrons. The van der Waals surface area contributed by atoms with E-state index in [0.29, 0.717) is 6.61 Å². The van der Waals surface area contributed by atoms with Gasteiger partial charge in [-0.15, -0.1) is 0 Å². The molecular weight excluding hydrogens is 212 g/mol. The van der Waals surface area contributed by atoms with Crippen molar-refractivity contribution in [1.29, 1.82) is 0 Å². The normalized spacial score (nSPS) is 10.2. The zero-order valence-corrected chi connectivity index (χ0v) is 10.3. The maximum absolute atomic E-state index is 5.57. The summed E-state index contributed by atoms with van der Waals surface area (Å²) in [4.78, 5) is 0. The van der Waals surface area contributed by atoms with Gasteiger partial charge in [0.15, 0.2) is 0 Å². The predicted octanol–water partition coefficient (Wildman–Crippen LogP) is 3.04. The van der Waals surface area contributed by atoms with Crippen LogP contribution >= 0.6 is 0 Å². The first-order chi connectivity index (χ1) is 8.31. The van der Waals surface area contributed by atoms with Crippen LogP contribution < -0.4 is 10.1 Å². The Morgan fingerprint density at radius 3 is 2.71 bits per heavy atom. The number of nitrogens with zero attached hydrogens (tertiary/aromatic N) is 1. The van der Waals surface area contributed by atoms with Gasteiger partial charge in [-0.25, -0.2) is 0 Å². The number of para-hydroxylation sites is 2. The molecule has 0 saturated heterocycles. The summed E-state index contributed by atoms with van der Waals surface area (Å²) in [6.45, 7) is 3.48. The van der Waals surface area contributed by atoms with Crippen molar-refractivity contribution in [3.8, 4) is 5.75 Å². The third-order valence-corrected chi connectivity index (χ3v) is 2.70. The highest BCUT2D eigenvalue weighted by Crippen LogP contribution is 2.24. The van der Waals surface area contributed by atoms with Gasteiger partial charge in [-0.1, -0.05) is 12.1 Å². The zero-order valence-electron chi connectivity index (χ0n) is 10.3. The van der Waals surface area contributed by atoms with Gasteiger partial charge >= 0.3 is 0 Å². The fraction of sp³-hybridized carbons (Fsp3) is 0.286. The summed E-state index contributed by atoms with van der Waals surface area (Å²) in [5.41, 5.74) is 2.28. The second kappa shape index (κ2) is 5.43. The number of hydrogen-bond acceptors (Lipinski definition) is 2. The molecule has 0 atom stereocenters. The quantitative estimate of drug-likeness (QED) is 0.854. The number of rotatable bonds is 5. The second-order valence-corrected chi connectivity index (χ2v) is 3.89. The lowest BCUT2D eigenvalue weighted by Crippen LogP contribution is -2.05. The van der Waals surface area contributed by atoms with Gasteiger partial charge in [-0.2, -0.15) is 0 Å². The summed E-state index contributed by atoms with van der Waals surface area (Å²) in [5, 5.41) is 3.40. The van der Waals surface area contributed by atoms with Gasteiger partial charge in [-0.3, -0.25) is 0 Å². The van der Waals surface area contributed by atoms with Gasteiger partial charge in [0.25, 0.3) is 0 Å². The SMILES string of the molecule is CCOc1ccccc1NCc1cccn1C. The molecule has 17 heavy (non-hydrogen) atoms. The summed E-state index contributed by atoms with van der Waals surface area (Å²) in [5.74, 6) is 0.907. The molecule has 0 aliphatic heterocycles. The van der Waals surface area contributed by atoms with Gasteiger partial charge in [0, 0.05) is 18.9 Å². The highest BCUT2D eigenvalue weighted by atomic mass is 16.5. The summed E-state index contributed by atoms with van der Waals surface area (Å²) < 4.78 is 7.68. The molecule has 1 heterocycles. The lowest BCUT2D eigenvalue weighted by atomic mass is 10.3. The minimum atomic E-state index is 0.683. The maximum atomic E-state index is 5.57. The Bertz CT molecular complexity index is 477. The number of aromatic nitrogens is 1. The third kappa shape index (κ3) is 2.81. The molecule has 1 aromatic carbocycles. The van der Waals surface area contributed by atoms with Crippen molar-refractivity contribution in [2.45, 2.75) is 13.5 Å². The van der Waals surface area contributed by atoms with Gasteiger partial charge in [0.1, 0.15) is 5.75 Å². The van der Waals surface area contributed by atoms with Crippen molar-refractivity contribution in [3.63, 3.8) is 0 Å². The minimum Gasteiger partial charge on any atom is -0.492 e. The Kier molecular flexibility index (Phi) is 3.70. The van der Waals surface area contributed by atoms with Crippen LogP contribution in [0.2, 0.25) is 0 Å². The Labute approximate surface area is 102 Å². The second-order valence-electron chi connectivity index (χ2n) is 3.89. The molecule has 2 aromatic rings. The summed E-state index contributed by atoms with van der Waals surface area (Å²) in [7, 11) is 2.05. The van der Waals surface area contributed by atoms with E-state index in [4.69, 9.17) is 4.74 Å². The van der Waals surface area contributed by atoms with Crippen LogP contribution in [0.5, 0.6) is 5.75 Å². The topological polar surface area (TPSA) is 26.2 Å². The Balaban J connectivity index is 2.06. The molecule has 3 heteroatoms. The highest BCUT2D eigenvalue weighted by Gasteiger charge is 2.02. The monoisotopic (exact) mass is 230 g/mol. The van der Waals surface area contributed by atoms with E-state index in [1.54, 1.807) is 0 Å². The number of anilines is 1. The van der Waals surface area contributed by atoms with Crippen molar-refractivity contribution in [2.75, 3.05) is 11.9 Å². The van der Waals surface area contributed by atoms with Gasteiger partial charge < -0.3 is 14.6 Å². The maximum Gasteiger partial charge on any atom is 0.142 e. The first-order valence-electron chi connectivity index (χ1n) is 5.87. The Morgan fingerprint density at radius 1 is 1.18 bits per heavy atom. The summed E-state index contributed by atoms with van der Waals surface area (Å²) in [6, 6.07) is 12.2. The van der Waals surface area contributed by atoms with Crippen molar-refractivity contribution >= 4 is 5.69 Å². The van der Waals surface area contributed by atoms with E-state index in [1.807, 2.05) is 50.5 Å².